The van der Waals surface area contributed by atoms with Crippen LogP contribution in [0.15, 0.2) is 0 Å². The van der Waals surface area contributed by atoms with E-state index >= 15 is 0 Å². The zero-order valence-corrected chi connectivity index (χ0v) is 10.6. The number of rotatable bonds is 7. The van der Waals surface area contributed by atoms with Crippen LogP contribution < -0.4 is 0 Å². The molecule has 90 valence electrons. The van der Waals surface area contributed by atoms with Gasteiger partial charge in [0.1, 0.15) is 0 Å². The molecule has 0 radical (unpaired) electrons. The Hall–Kier alpha value is -0.380. The highest BCUT2D eigenvalue weighted by Gasteiger charge is 2.26. The predicted octanol–water partition coefficient (Wildman–Crippen LogP) is 2.41. The lowest BCUT2D eigenvalue weighted by atomic mass is 10.2. The molecule has 0 aromatic carbocycles. The van der Waals surface area contributed by atoms with Gasteiger partial charge >= 0.3 is 13.6 Å². The second-order valence-electron chi connectivity index (χ2n) is 3.19. The second kappa shape index (κ2) is 6.99. The van der Waals surface area contributed by atoms with Crippen molar-refractivity contribution < 1.29 is 23.1 Å². The fourth-order valence-corrected chi connectivity index (χ4v) is 2.11. The Morgan fingerprint density at radius 1 is 1.20 bits per heavy atom. The molecule has 0 aliphatic carbocycles. The van der Waals surface area contributed by atoms with Crippen molar-refractivity contribution in [2.75, 3.05) is 19.6 Å². The summed E-state index contributed by atoms with van der Waals surface area (Å²) in [7, 11) is -3.26. The molecule has 0 saturated carbocycles. The summed E-state index contributed by atoms with van der Waals surface area (Å²) in [6, 6.07) is 0. The van der Waals surface area contributed by atoms with Crippen molar-refractivity contribution in [2.45, 2.75) is 27.7 Å². The molecule has 0 bridgehead atoms. The van der Waals surface area contributed by atoms with E-state index in [1.165, 1.54) is 0 Å². The van der Waals surface area contributed by atoms with E-state index in [0.29, 0.717) is 0 Å². The maximum absolute atomic E-state index is 11.8. The minimum Gasteiger partial charge on any atom is -0.452 e. The number of hydrogen-bond donors (Lipinski definition) is 0. The molecule has 0 aliphatic rings. The van der Waals surface area contributed by atoms with Crippen LogP contribution in [0, 0.1) is 5.92 Å². The Kier molecular flexibility index (Phi) is 6.81. The largest absolute Gasteiger partial charge is 0.452 e. The molecule has 0 N–H and O–H groups in total. The Morgan fingerprint density at radius 2 is 1.67 bits per heavy atom. The SMILES string of the molecule is CCOP(=O)(COC(=O)C(C)C)OCC. The summed E-state index contributed by atoms with van der Waals surface area (Å²) < 4.78 is 26.6. The minimum atomic E-state index is -3.26. The lowest BCUT2D eigenvalue weighted by Crippen LogP contribution is -2.14. The summed E-state index contributed by atoms with van der Waals surface area (Å²) in [5.41, 5.74) is 0. The lowest BCUT2D eigenvalue weighted by molar-refractivity contribution is -0.145. The fraction of sp³-hybridized carbons (Fsp3) is 0.889. The maximum Gasteiger partial charge on any atom is 0.367 e. The van der Waals surface area contributed by atoms with E-state index < -0.39 is 13.6 Å². The normalized spacial score (nSPS) is 11.8. The highest BCUT2D eigenvalue weighted by Crippen LogP contribution is 2.47. The summed E-state index contributed by atoms with van der Waals surface area (Å²) >= 11 is 0. The molecule has 0 aromatic heterocycles. The Morgan fingerprint density at radius 3 is 2.00 bits per heavy atom. The van der Waals surface area contributed by atoms with Crippen molar-refractivity contribution in [1.82, 2.24) is 0 Å². The molecule has 0 fully saturated rings. The van der Waals surface area contributed by atoms with E-state index in [-0.39, 0.29) is 25.5 Å². The molecule has 0 spiro atoms. The average Bonchev–Trinajstić information content (AvgIpc) is 2.15. The smallest absolute Gasteiger partial charge is 0.367 e. The third kappa shape index (κ3) is 5.92. The highest BCUT2D eigenvalue weighted by molar-refractivity contribution is 7.53. The standard InChI is InChI=1S/C9H19O5P/c1-5-13-15(11,14-6-2)7-12-9(10)8(3)4/h8H,5-7H2,1-4H3. The van der Waals surface area contributed by atoms with Crippen molar-refractivity contribution in [3.63, 3.8) is 0 Å². The summed E-state index contributed by atoms with van der Waals surface area (Å²) in [5.74, 6) is -0.656. The van der Waals surface area contributed by atoms with Gasteiger partial charge in [-0.3, -0.25) is 9.36 Å². The van der Waals surface area contributed by atoms with Crippen LogP contribution in [0.3, 0.4) is 0 Å². The molecule has 0 unspecified atom stereocenters. The third-order valence-corrected chi connectivity index (χ3v) is 3.24. The van der Waals surface area contributed by atoms with Gasteiger partial charge in [0.2, 0.25) is 0 Å². The zero-order valence-electron chi connectivity index (χ0n) is 9.69. The maximum atomic E-state index is 11.8. The summed E-state index contributed by atoms with van der Waals surface area (Å²) in [4.78, 5) is 11.1. The highest BCUT2D eigenvalue weighted by atomic mass is 31.2. The number of hydrogen-bond acceptors (Lipinski definition) is 5. The van der Waals surface area contributed by atoms with Crippen LogP contribution in [-0.4, -0.2) is 25.5 Å². The van der Waals surface area contributed by atoms with Gasteiger partial charge in [-0.1, -0.05) is 13.8 Å². The molecular weight excluding hydrogens is 219 g/mol. The first kappa shape index (κ1) is 14.6. The molecule has 0 aliphatic heterocycles. The molecule has 0 saturated heterocycles. The second-order valence-corrected chi connectivity index (χ2v) is 5.19. The van der Waals surface area contributed by atoms with E-state index in [4.69, 9.17) is 13.8 Å². The van der Waals surface area contributed by atoms with E-state index in [0.717, 1.165) is 0 Å². The van der Waals surface area contributed by atoms with Crippen LogP contribution in [0.1, 0.15) is 27.7 Å². The first-order valence-electron chi connectivity index (χ1n) is 5.00. The van der Waals surface area contributed by atoms with Crippen molar-refractivity contribution in [2.24, 2.45) is 5.92 Å². The first-order valence-corrected chi connectivity index (χ1v) is 6.72. The van der Waals surface area contributed by atoms with Crippen LogP contribution in [0.2, 0.25) is 0 Å². The summed E-state index contributed by atoms with van der Waals surface area (Å²) in [6.07, 6.45) is -0.314. The average molecular weight is 238 g/mol. The van der Waals surface area contributed by atoms with Gasteiger partial charge in [-0.15, -0.1) is 0 Å². The Labute approximate surface area is 90.6 Å². The van der Waals surface area contributed by atoms with Crippen LogP contribution in [-0.2, 0) is 23.1 Å². The fourth-order valence-electron chi connectivity index (χ4n) is 0.815. The molecule has 15 heavy (non-hydrogen) atoms. The quantitative estimate of drug-likeness (QED) is 0.503. The number of esters is 1. The molecule has 0 amide bonds. The van der Waals surface area contributed by atoms with Crippen LogP contribution >= 0.6 is 7.60 Å². The minimum absolute atomic E-state index is 0.248. The zero-order chi connectivity index (χ0) is 11.9. The van der Waals surface area contributed by atoms with Gasteiger partial charge in [-0.2, -0.15) is 0 Å². The number of ether oxygens (including phenoxy) is 1. The molecule has 6 heteroatoms. The Bertz CT molecular complexity index is 229. The molecule has 0 aromatic rings. The summed E-state index contributed by atoms with van der Waals surface area (Å²) in [5, 5.41) is 0. The molecule has 5 nitrogen and oxygen atoms in total. The first-order chi connectivity index (χ1) is 6.95. The van der Waals surface area contributed by atoms with Gasteiger partial charge < -0.3 is 13.8 Å². The van der Waals surface area contributed by atoms with Crippen LogP contribution in [0.25, 0.3) is 0 Å². The van der Waals surface area contributed by atoms with E-state index in [1.54, 1.807) is 27.7 Å². The van der Waals surface area contributed by atoms with Gasteiger partial charge in [-0.05, 0) is 13.8 Å². The summed E-state index contributed by atoms with van der Waals surface area (Å²) in [6.45, 7) is 7.34. The van der Waals surface area contributed by atoms with Gasteiger partial charge in [-0.25, -0.2) is 0 Å². The van der Waals surface area contributed by atoms with E-state index in [2.05, 4.69) is 0 Å². The third-order valence-electron chi connectivity index (χ3n) is 1.49. The van der Waals surface area contributed by atoms with Crippen LogP contribution in [0.4, 0.5) is 0 Å². The molecule has 0 rings (SSSR count). The van der Waals surface area contributed by atoms with E-state index in [1.807, 2.05) is 0 Å². The van der Waals surface area contributed by atoms with E-state index in [9.17, 15) is 9.36 Å². The number of carbonyl (C=O) groups excluding carboxylic acids is 1. The van der Waals surface area contributed by atoms with Crippen LogP contribution in [0.5, 0.6) is 0 Å². The molecule has 0 heterocycles. The predicted molar refractivity (Wildman–Crippen MR) is 56.7 cm³/mol. The van der Waals surface area contributed by atoms with Gasteiger partial charge in [0.15, 0.2) is 6.35 Å². The van der Waals surface area contributed by atoms with Crippen molar-refractivity contribution in [3.05, 3.63) is 0 Å². The van der Waals surface area contributed by atoms with Gasteiger partial charge in [0.05, 0.1) is 19.1 Å². The molecule has 0 atom stereocenters. The topological polar surface area (TPSA) is 61.8 Å². The lowest BCUT2D eigenvalue weighted by Gasteiger charge is -2.17. The monoisotopic (exact) mass is 238 g/mol. The molecular formula is C9H19O5P. The van der Waals surface area contributed by atoms with Gasteiger partial charge in [0, 0.05) is 0 Å². The Balaban J connectivity index is 4.18. The van der Waals surface area contributed by atoms with Crippen molar-refractivity contribution in [1.29, 1.82) is 0 Å². The van der Waals surface area contributed by atoms with Crippen molar-refractivity contribution >= 4 is 13.6 Å². The van der Waals surface area contributed by atoms with Crippen molar-refractivity contribution in [3.8, 4) is 0 Å². The van der Waals surface area contributed by atoms with Gasteiger partial charge in [0.25, 0.3) is 0 Å². The number of carbonyl (C=O) groups is 1.